The Kier molecular flexibility index (Phi) is 4.85. The molecule has 1 aromatic heterocycles. The molecule has 0 aliphatic heterocycles. The average Bonchev–Trinajstić information content (AvgIpc) is 2.89. The van der Waals surface area contributed by atoms with E-state index in [1.54, 1.807) is 0 Å². The zero-order valence-corrected chi connectivity index (χ0v) is 16.0. The predicted molar refractivity (Wildman–Crippen MR) is 98.1 cm³/mol. The van der Waals surface area contributed by atoms with Crippen LogP contribution in [0.3, 0.4) is 0 Å². The van der Waals surface area contributed by atoms with Crippen molar-refractivity contribution < 1.29 is 9.53 Å². The standard InChI is InChI=1S/C18H24BrN3O2/c1-18(2,3)24-17(23)21-14-5-7-15(8-6-14)22-16-9-4-13(19)10-12(16)11-20-22/h4,9-11,14-15H,5-8H2,1-3H3,(H,21,23). The van der Waals surface area contributed by atoms with Crippen LogP contribution in [0.15, 0.2) is 28.9 Å². The molecule has 1 heterocycles. The fourth-order valence-corrected chi connectivity index (χ4v) is 3.63. The molecule has 5 nitrogen and oxygen atoms in total. The first-order valence-corrected chi connectivity index (χ1v) is 9.23. The van der Waals surface area contributed by atoms with Gasteiger partial charge in [0.1, 0.15) is 5.60 Å². The zero-order valence-electron chi connectivity index (χ0n) is 14.4. The first-order valence-electron chi connectivity index (χ1n) is 8.44. The molecule has 24 heavy (non-hydrogen) atoms. The van der Waals surface area contributed by atoms with Crippen molar-refractivity contribution in [1.82, 2.24) is 15.1 Å². The van der Waals surface area contributed by atoms with E-state index in [-0.39, 0.29) is 12.1 Å². The molecule has 0 saturated heterocycles. The summed E-state index contributed by atoms with van der Waals surface area (Å²) in [7, 11) is 0. The van der Waals surface area contributed by atoms with E-state index in [2.05, 4.69) is 49.2 Å². The van der Waals surface area contributed by atoms with Crippen molar-refractivity contribution in [2.24, 2.45) is 0 Å². The topological polar surface area (TPSA) is 56.1 Å². The molecule has 0 radical (unpaired) electrons. The van der Waals surface area contributed by atoms with Gasteiger partial charge in [0.25, 0.3) is 0 Å². The van der Waals surface area contributed by atoms with Gasteiger partial charge in [-0.15, -0.1) is 0 Å². The van der Waals surface area contributed by atoms with Crippen LogP contribution in [0, 0.1) is 0 Å². The number of benzene rings is 1. The monoisotopic (exact) mass is 393 g/mol. The molecule has 6 heteroatoms. The molecule has 2 aromatic rings. The van der Waals surface area contributed by atoms with E-state index in [1.165, 1.54) is 5.52 Å². The number of aromatic nitrogens is 2. The van der Waals surface area contributed by atoms with Gasteiger partial charge < -0.3 is 10.1 Å². The van der Waals surface area contributed by atoms with Crippen LogP contribution < -0.4 is 5.32 Å². The van der Waals surface area contributed by atoms with Gasteiger partial charge in [-0.1, -0.05) is 15.9 Å². The fraction of sp³-hybridized carbons (Fsp3) is 0.556. The quantitative estimate of drug-likeness (QED) is 0.796. The Morgan fingerprint density at radius 3 is 2.67 bits per heavy atom. The number of alkyl carbamates (subject to hydrolysis) is 1. The lowest BCUT2D eigenvalue weighted by atomic mass is 9.91. The maximum absolute atomic E-state index is 11.9. The summed E-state index contributed by atoms with van der Waals surface area (Å²) in [4.78, 5) is 11.9. The molecule has 1 amide bonds. The molecule has 0 spiro atoms. The van der Waals surface area contributed by atoms with Crippen molar-refractivity contribution in [3.63, 3.8) is 0 Å². The van der Waals surface area contributed by atoms with Crippen LogP contribution in [0.2, 0.25) is 0 Å². The molecule has 3 rings (SSSR count). The second-order valence-corrected chi connectivity index (χ2v) is 8.36. The normalized spacial score (nSPS) is 21.7. The zero-order chi connectivity index (χ0) is 17.3. The minimum absolute atomic E-state index is 0.187. The molecule has 1 fully saturated rings. The minimum Gasteiger partial charge on any atom is -0.444 e. The Balaban J connectivity index is 1.59. The molecule has 130 valence electrons. The van der Waals surface area contributed by atoms with E-state index in [0.29, 0.717) is 6.04 Å². The number of carbonyl (C=O) groups excluding carboxylic acids is 1. The summed E-state index contributed by atoms with van der Waals surface area (Å²) >= 11 is 3.50. The van der Waals surface area contributed by atoms with Gasteiger partial charge in [-0.05, 0) is 64.7 Å². The number of halogens is 1. The van der Waals surface area contributed by atoms with Crippen molar-refractivity contribution in [3.05, 3.63) is 28.9 Å². The molecule has 1 aliphatic carbocycles. The molecule has 1 aromatic carbocycles. The molecule has 1 saturated carbocycles. The number of hydrogen-bond acceptors (Lipinski definition) is 3. The summed E-state index contributed by atoms with van der Waals surface area (Å²) < 4.78 is 8.54. The third-order valence-corrected chi connectivity index (χ3v) is 4.81. The molecule has 0 atom stereocenters. The van der Waals surface area contributed by atoms with Crippen LogP contribution in [-0.4, -0.2) is 27.5 Å². The number of fused-ring (bicyclic) bond motifs is 1. The van der Waals surface area contributed by atoms with E-state index in [1.807, 2.05) is 27.0 Å². The maximum atomic E-state index is 11.9. The lowest BCUT2D eigenvalue weighted by Gasteiger charge is -2.30. The highest BCUT2D eigenvalue weighted by Crippen LogP contribution is 2.31. The van der Waals surface area contributed by atoms with Gasteiger partial charge in [-0.2, -0.15) is 5.10 Å². The first-order chi connectivity index (χ1) is 11.3. The number of nitrogens with one attached hydrogen (secondary N) is 1. The molecular formula is C18H24BrN3O2. The number of carbonyl (C=O) groups is 1. The van der Waals surface area contributed by atoms with Gasteiger partial charge in [0.05, 0.1) is 17.8 Å². The maximum Gasteiger partial charge on any atom is 0.407 e. The summed E-state index contributed by atoms with van der Waals surface area (Å²) in [5.41, 5.74) is 0.713. The van der Waals surface area contributed by atoms with Crippen LogP contribution in [0.5, 0.6) is 0 Å². The Hall–Kier alpha value is -1.56. The third kappa shape index (κ3) is 4.09. The number of ether oxygens (including phenoxy) is 1. The second-order valence-electron chi connectivity index (χ2n) is 7.44. The van der Waals surface area contributed by atoms with E-state index in [9.17, 15) is 4.79 Å². The van der Waals surface area contributed by atoms with Gasteiger partial charge >= 0.3 is 6.09 Å². The number of rotatable bonds is 2. The number of amides is 1. The van der Waals surface area contributed by atoms with Crippen LogP contribution in [0.4, 0.5) is 4.79 Å². The fourth-order valence-electron chi connectivity index (χ4n) is 3.25. The van der Waals surface area contributed by atoms with E-state index in [0.717, 1.165) is 35.5 Å². The van der Waals surface area contributed by atoms with E-state index in [4.69, 9.17) is 4.74 Å². The number of nitrogens with zero attached hydrogens (tertiary/aromatic N) is 2. The van der Waals surface area contributed by atoms with Gasteiger partial charge in [-0.25, -0.2) is 4.79 Å². The lowest BCUT2D eigenvalue weighted by molar-refractivity contribution is 0.0487. The number of hydrogen-bond donors (Lipinski definition) is 1. The Bertz CT molecular complexity index is 727. The smallest absolute Gasteiger partial charge is 0.407 e. The van der Waals surface area contributed by atoms with Crippen LogP contribution >= 0.6 is 15.9 Å². The van der Waals surface area contributed by atoms with Crippen molar-refractivity contribution in [1.29, 1.82) is 0 Å². The van der Waals surface area contributed by atoms with Gasteiger partial charge in [0.2, 0.25) is 0 Å². The van der Waals surface area contributed by atoms with Gasteiger partial charge in [-0.3, -0.25) is 4.68 Å². The second kappa shape index (κ2) is 6.75. The minimum atomic E-state index is -0.455. The summed E-state index contributed by atoms with van der Waals surface area (Å²) in [6, 6.07) is 6.83. The van der Waals surface area contributed by atoms with Crippen molar-refractivity contribution in [3.8, 4) is 0 Å². The highest BCUT2D eigenvalue weighted by Gasteiger charge is 2.26. The van der Waals surface area contributed by atoms with Crippen LogP contribution in [0.25, 0.3) is 10.9 Å². The van der Waals surface area contributed by atoms with Crippen molar-refractivity contribution in [2.45, 2.75) is 64.1 Å². The molecule has 1 N–H and O–H groups in total. The van der Waals surface area contributed by atoms with E-state index < -0.39 is 5.60 Å². The van der Waals surface area contributed by atoms with Crippen molar-refractivity contribution in [2.75, 3.05) is 0 Å². The highest BCUT2D eigenvalue weighted by atomic mass is 79.9. The predicted octanol–water partition coefficient (Wildman–Crippen LogP) is 4.81. The molecule has 0 bridgehead atoms. The average molecular weight is 394 g/mol. The van der Waals surface area contributed by atoms with Crippen LogP contribution in [0.1, 0.15) is 52.5 Å². The third-order valence-electron chi connectivity index (χ3n) is 4.32. The van der Waals surface area contributed by atoms with Crippen LogP contribution in [-0.2, 0) is 4.74 Å². The first kappa shape index (κ1) is 17.3. The SMILES string of the molecule is CC(C)(C)OC(=O)NC1CCC(n2ncc3cc(Br)ccc32)CC1. The van der Waals surface area contributed by atoms with Gasteiger partial charge in [0, 0.05) is 15.9 Å². The highest BCUT2D eigenvalue weighted by molar-refractivity contribution is 9.10. The molecule has 1 aliphatic rings. The molecule has 0 unspecified atom stereocenters. The Morgan fingerprint density at radius 1 is 1.29 bits per heavy atom. The van der Waals surface area contributed by atoms with E-state index >= 15 is 0 Å². The largest absolute Gasteiger partial charge is 0.444 e. The summed E-state index contributed by atoms with van der Waals surface area (Å²) in [6.45, 7) is 5.64. The summed E-state index contributed by atoms with van der Waals surface area (Å²) in [5.74, 6) is 0. The summed E-state index contributed by atoms with van der Waals surface area (Å²) in [5, 5.41) is 8.72. The lowest BCUT2D eigenvalue weighted by Crippen LogP contribution is -2.41. The summed E-state index contributed by atoms with van der Waals surface area (Å²) in [6.07, 6.45) is 5.51. The Labute approximate surface area is 150 Å². The van der Waals surface area contributed by atoms with Gasteiger partial charge in [0.15, 0.2) is 0 Å². The van der Waals surface area contributed by atoms with Crippen molar-refractivity contribution >= 4 is 32.9 Å². The molecular weight excluding hydrogens is 370 g/mol. The Morgan fingerprint density at radius 2 is 2.00 bits per heavy atom.